The molecule has 0 bridgehead atoms. The topological polar surface area (TPSA) is 58.6 Å². The largest absolute Gasteiger partial charge is 0.494 e. The van der Waals surface area contributed by atoms with Gasteiger partial charge in [0, 0.05) is 35.3 Å². The summed E-state index contributed by atoms with van der Waals surface area (Å²) in [6, 6.07) is 12.0. The van der Waals surface area contributed by atoms with Gasteiger partial charge >= 0.3 is 0 Å². The van der Waals surface area contributed by atoms with Gasteiger partial charge in [-0.05, 0) is 49.2 Å². The molecule has 2 aromatic carbocycles. The van der Waals surface area contributed by atoms with Crippen molar-refractivity contribution in [1.82, 2.24) is 0 Å². The summed E-state index contributed by atoms with van der Waals surface area (Å²) in [6.45, 7) is 0.686. The van der Waals surface area contributed by atoms with Gasteiger partial charge < -0.3 is 15.0 Å². The number of rotatable bonds is 4. The summed E-state index contributed by atoms with van der Waals surface area (Å²) >= 11 is 5.84. The Morgan fingerprint density at radius 1 is 1.16 bits per heavy atom. The summed E-state index contributed by atoms with van der Waals surface area (Å²) in [5, 5.41) is 3.41. The van der Waals surface area contributed by atoms with Gasteiger partial charge in [-0.25, -0.2) is 0 Å². The van der Waals surface area contributed by atoms with Gasteiger partial charge in [-0.15, -0.1) is 0 Å². The van der Waals surface area contributed by atoms with Crippen LogP contribution >= 0.6 is 11.6 Å². The highest BCUT2D eigenvalue weighted by Crippen LogP contribution is 2.33. The number of piperidine rings is 1. The molecule has 1 aliphatic rings. The molecule has 130 valence electrons. The molecular weight excluding hydrogens is 340 g/mol. The van der Waals surface area contributed by atoms with Crippen molar-refractivity contribution in [2.45, 2.75) is 19.3 Å². The molecule has 1 aliphatic heterocycles. The van der Waals surface area contributed by atoms with Crippen LogP contribution in [0.5, 0.6) is 5.75 Å². The van der Waals surface area contributed by atoms with Crippen LogP contribution in [0.1, 0.15) is 29.6 Å². The molecule has 5 nitrogen and oxygen atoms in total. The second-order valence-electron chi connectivity index (χ2n) is 5.85. The van der Waals surface area contributed by atoms with Crippen molar-refractivity contribution in [2.75, 3.05) is 23.9 Å². The van der Waals surface area contributed by atoms with E-state index in [9.17, 15) is 9.59 Å². The van der Waals surface area contributed by atoms with Crippen LogP contribution < -0.4 is 15.0 Å². The number of anilines is 2. The lowest BCUT2D eigenvalue weighted by Crippen LogP contribution is -2.35. The fraction of sp³-hybridized carbons (Fsp3) is 0.263. The number of ether oxygens (including phenoxy) is 1. The van der Waals surface area contributed by atoms with Gasteiger partial charge in [-0.3, -0.25) is 9.59 Å². The predicted octanol–water partition coefficient (Wildman–Crippen LogP) is 4.12. The van der Waals surface area contributed by atoms with E-state index in [0.717, 1.165) is 18.5 Å². The molecule has 1 fully saturated rings. The summed E-state index contributed by atoms with van der Waals surface area (Å²) in [5.41, 5.74) is 1.85. The number of methoxy groups -OCH3 is 1. The number of hydrogen-bond acceptors (Lipinski definition) is 3. The van der Waals surface area contributed by atoms with Crippen molar-refractivity contribution in [2.24, 2.45) is 0 Å². The molecule has 0 unspecified atom stereocenters. The minimum absolute atomic E-state index is 0.0995. The number of benzene rings is 2. The summed E-state index contributed by atoms with van der Waals surface area (Å²) in [6.07, 6.45) is 2.45. The minimum Gasteiger partial charge on any atom is -0.494 e. The van der Waals surface area contributed by atoms with E-state index in [1.165, 1.54) is 0 Å². The first-order valence-corrected chi connectivity index (χ1v) is 8.51. The Bertz CT molecular complexity index is 790. The Kier molecular flexibility index (Phi) is 5.24. The van der Waals surface area contributed by atoms with Crippen molar-refractivity contribution >= 4 is 34.8 Å². The van der Waals surface area contributed by atoms with Gasteiger partial charge in [0.05, 0.1) is 12.8 Å². The molecule has 1 saturated heterocycles. The van der Waals surface area contributed by atoms with Crippen LogP contribution in [0, 0.1) is 0 Å². The van der Waals surface area contributed by atoms with Crippen LogP contribution in [0.4, 0.5) is 11.4 Å². The van der Waals surface area contributed by atoms with Gasteiger partial charge in [0.1, 0.15) is 5.75 Å². The van der Waals surface area contributed by atoms with E-state index in [-0.39, 0.29) is 11.8 Å². The number of carbonyl (C=O) groups is 2. The third-order valence-corrected chi connectivity index (χ3v) is 4.41. The maximum absolute atomic E-state index is 12.3. The van der Waals surface area contributed by atoms with Gasteiger partial charge in [0.15, 0.2) is 0 Å². The highest BCUT2D eigenvalue weighted by atomic mass is 35.5. The van der Waals surface area contributed by atoms with Gasteiger partial charge in [-0.2, -0.15) is 0 Å². The predicted molar refractivity (Wildman–Crippen MR) is 98.6 cm³/mol. The molecule has 2 amide bonds. The summed E-state index contributed by atoms with van der Waals surface area (Å²) in [4.78, 5) is 26.2. The SMILES string of the molecule is COc1cc(NC(=O)c2ccc(Cl)cc2)ccc1N1CCCCC1=O. The third-order valence-electron chi connectivity index (χ3n) is 4.16. The highest BCUT2D eigenvalue weighted by Gasteiger charge is 2.22. The molecule has 0 spiro atoms. The molecule has 0 atom stereocenters. The van der Waals surface area contributed by atoms with Gasteiger partial charge in [0.2, 0.25) is 5.91 Å². The van der Waals surface area contributed by atoms with E-state index in [0.29, 0.717) is 35.0 Å². The zero-order chi connectivity index (χ0) is 17.8. The average molecular weight is 359 g/mol. The molecule has 3 rings (SSSR count). The molecule has 0 aliphatic carbocycles. The number of nitrogens with zero attached hydrogens (tertiary/aromatic N) is 1. The molecule has 6 heteroatoms. The van der Waals surface area contributed by atoms with Crippen molar-refractivity contribution in [3.05, 3.63) is 53.1 Å². The molecule has 1 N–H and O–H groups in total. The van der Waals surface area contributed by atoms with Crippen LogP contribution in [-0.4, -0.2) is 25.5 Å². The van der Waals surface area contributed by atoms with Crippen molar-refractivity contribution < 1.29 is 14.3 Å². The van der Waals surface area contributed by atoms with Crippen LogP contribution in [0.2, 0.25) is 5.02 Å². The highest BCUT2D eigenvalue weighted by molar-refractivity contribution is 6.30. The Morgan fingerprint density at radius 3 is 2.60 bits per heavy atom. The molecular formula is C19H19ClN2O3. The van der Waals surface area contributed by atoms with E-state index in [1.807, 2.05) is 0 Å². The van der Waals surface area contributed by atoms with E-state index >= 15 is 0 Å². The first-order valence-electron chi connectivity index (χ1n) is 8.14. The second-order valence-corrected chi connectivity index (χ2v) is 6.29. The minimum atomic E-state index is -0.236. The molecule has 0 aromatic heterocycles. The van der Waals surface area contributed by atoms with Crippen LogP contribution in [0.3, 0.4) is 0 Å². The monoisotopic (exact) mass is 358 g/mol. The maximum atomic E-state index is 12.3. The van der Waals surface area contributed by atoms with Crippen LogP contribution in [0.25, 0.3) is 0 Å². The van der Waals surface area contributed by atoms with Crippen LogP contribution in [0.15, 0.2) is 42.5 Å². The van der Waals surface area contributed by atoms with Gasteiger partial charge in [-0.1, -0.05) is 11.6 Å². The first kappa shape index (κ1) is 17.3. The first-order chi connectivity index (χ1) is 12.1. The zero-order valence-electron chi connectivity index (χ0n) is 13.9. The summed E-state index contributed by atoms with van der Waals surface area (Å²) in [7, 11) is 1.55. The number of hydrogen-bond donors (Lipinski definition) is 1. The number of carbonyl (C=O) groups excluding carboxylic acids is 2. The Morgan fingerprint density at radius 2 is 1.92 bits per heavy atom. The standard InChI is InChI=1S/C19H19ClN2O3/c1-25-17-12-15(21-19(24)13-5-7-14(20)8-6-13)9-10-16(17)22-11-3-2-4-18(22)23/h5-10,12H,2-4,11H2,1H3,(H,21,24). The maximum Gasteiger partial charge on any atom is 0.255 e. The van der Waals surface area contributed by atoms with Crippen molar-refractivity contribution in [3.8, 4) is 5.75 Å². The van der Waals surface area contributed by atoms with E-state index in [1.54, 1.807) is 54.5 Å². The summed E-state index contributed by atoms with van der Waals surface area (Å²) in [5.74, 6) is 0.423. The number of halogens is 1. The lowest BCUT2D eigenvalue weighted by atomic mass is 10.1. The Hall–Kier alpha value is -2.53. The van der Waals surface area contributed by atoms with E-state index in [2.05, 4.69) is 5.32 Å². The smallest absolute Gasteiger partial charge is 0.255 e. The quantitative estimate of drug-likeness (QED) is 0.894. The molecule has 0 radical (unpaired) electrons. The van der Waals surface area contributed by atoms with Crippen molar-refractivity contribution in [3.63, 3.8) is 0 Å². The number of nitrogens with one attached hydrogen (secondary N) is 1. The van der Waals surface area contributed by atoms with Crippen LogP contribution in [-0.2, 0) is 4.79 Å². The Balaban J connectivity index is 1.80. The second kappa shape index (κ2) is 7.57. The van der Waals surface area contributed by atoms with Gasteiger partial charge in [0.25, 0.3) is 5.91 Å². The average Bonchev–Trinajstić information content (AvgIpc) is 2.63. The third kappa shape index (κ3) is 3.94. The van der Waals surface area contributed by atoms with Crippen molar-refractivity contribution in [1.29, 1.82) is 0 Å². The lowest BCUT2D eigenvalue weighted by molar-refractivity contribution is -0.119. The number of amides is 2. The fourth-order valence-corrected chi connectivity index (χ4v) is 2.97. The zero-order valence-corrected chi connectivity index (χ0v) is 14.7. The molecule has 25 heavy (non-hydrogen) atoms. The molecule has 0 saturated carbocycles. The van der Waals surface area contributed by atoms with E-state index < -0.39 is 0 Å². The normalized spacial score (nSPS) is 14.3. The summed E-state index contributed by atoms with van der Waals surface area (Å²) < 4.78 is 5.43. The van der Waals surface area contributed by atoms with E-state index in [4.69, 9.17) is 16.3 Å². The lowest BCUT2D eigenvalue weighted by Gasteiger charge is -2.28. The molecule has 2 aromatic rings. The molecule has 1 heterocycles. The fourth-order valence-electron chi connectivity index (χ4n) is 2.84. The Labute approximate surface area is 151 Å².